The molecule has 0 amide bonds. The third kappa shape index (κ3) is 8.78. The van der Waals surface area contributed by atoms with Crippen LogP contribution in [0, 0.1) is 0 Å². The fourth-order valence-corrected chi connectivity index (χ4v) is 3.31. The van der Waals surface area contributed by atoms with Gasteiger partial charge in [-0.25, -0.2) is 0 Å². The summed E-state index contributed by atoms with van der Waals surface area (Å²) < 4.78 is 0. The summed E-state index contributed by atoms with van der Waals surface area (Å²) in [6.45, 7) is 0.560. The second-order valence-electron chi connectivity index (χ2n) is 6.77. The largest absolute Gasteiger partial charge is 0.480 e. The number of hydrogen-bond donors (Lipinski definition) is 5. The highest BCUT2D eigenvalue weighted by molar-refractivity contribution is 6.40. The van der Waals surface area contributed by atoms with Gasteiger partial charge >= 0.3 is 13.1 Å². The molecule has 1 aromatic rings. The van der Waals surface area contributed by atoms with Crippen LogP contribution >= 0.6 is 24.8 Å². The Morgan fingerprint density at radius 2 is 1.70 bits per heavy atom. The number of halogens is 2. The van der Waals surface area contributed by atoms with E-state index in [2.05, 4.69) is 17.4 Å². The van der Waals surface area contributed by atoms with Crippen LogP contribution in [0.25, 0.3) is 0 Å². The topological polar surface area (TPSA) is 147 Å². The molecule has 0 radical (unpaired) electrons. The van der Waals surface area contributed by atoms with Crippen LogP contribution in [0.3, 0.4) is 0 Å². The van der Waals surface area contributed by atoms with E-state index in [1.807, 2.05) is 12.1 Å². The van der Waals surface area contributed by atoms with Crippen LogP contribution < -0.4 is 11.1 Å². The monoisotopic (exact) mass is 424 g/mol. The molecule has 7 nitrogen and oxygen atoms in total. The van der Waals surface area contributed by atoms with Crippen molar-refractivity contribution in [3.63, 3.8) is 0 Å². The smallest absolute Gasteiger partial charge is 0.451 e. The molecular weight excluding hydrogens is 394 g/mol. The summed E-state index contributed by atoms with van der Waals surface area (Å²) >= 11 is 0. The van der Waals surface area contributed by atoms with Gasteiger partial charge < -0.3 is 31.7 Å². The van der Waals surface area contributed by atoms with Gasteiger partial charge in [-0.1, -0.05) is 37.1 Å². The van der Waals surface area contributed by atoms with Crippen molar-refractivity contribution in [3.8, 4) is 0 Å². The molecule has 1 unspecified atom stereocenters. The first-order valence-corrected chi connectivity index (χ1v) is 8.59. The van der Waals surface area contributed by atoms with E-state index in [1.54, 1.807) is 0 Å². The van der Waals surface area contributed by atoms with Crippen molar-refractivity contribution in [2.75, 3.05) is 6.54 Å². The number of nitrogens with one attached hydrogen (secondary N) is 1. The van der Waals surface area contributed by atoms with Gasteiger partial charge in [-0.3, -0.25) is 4.79 Å². The molecule has 0 bridgehead atoms. The van der Waals surface area contributed by atoms with Crippen LogP contribution in [0.5, 0.6) is 0 Å². The Hall–Kier alpha value is -0.865. The SMILES string of the molecule is Cl.Cl.NC(CCCCB(O)O)(CCNC1Cc2ccccc2C1)C(=O)O.O. The zero-order chi connectivity index (χ0) is 17.6. The zero-order valence-corrected chi connectivity index (χ0v) is 16.9. The Morgan fingerprint density at radius 1 is 1.15 bits per heavy atom. The predicted octanol–water partition coefficient (Wildman–Crippen LogP) is 0.578. The van der Waals surface area contributed by atoms with Gasteiger partial charge in [0.2, 0.25) is 0 Å². The number of carboxylic acids is 1. The molecule has 2 rings (SSSR count). The summed E-state index contributed by atoms with van der Waals surface area (Å²) in [5.74, 6) is -0.997. The van der Waals surface area contributed by atoms with E-state index in [4.69, 9.17) is 15.8 Å². The van der Waals surface area contributed by atoms with Crippen molar-refractivity contribution < 1.29 is 25.4 Å². The standard InChI is InChI=1S/C17H27BN2O4.2ClH.H2O/c19-17(16(21)22,7-3-4-9-18(23)24)8-10-20-15-11-13-5-1-2-6-14(13)12-15;;;/h1-2,5-6,15,20,23-24H,3-4,7-12,19H2,(H,21,22);2*1H;1H2. The number of hydrogen-bond acceptors (Lipinski definition) is 5. The van der Waals surface area contributed by atoms with Crippen LogP contribution in [0.15, 0.2) is 24.3 Å². The normalized spacial score (nSPS) is 14.8. The van der Waals surface area contributed by atoms with Crippen LogP contribution in [-0.2, 0) is 17.6 Å². The molecule has 8 N–H and O–H groups in total. The summed E-state index contributed by atoms with van der Waals surface area (Å²) in [5.41, 5.74) is 7.51. The van der Waals surface area contributed by atoms with E-state index in [1.165, 1.54) is 11.1 Å². The van der Waals surface area contributed by atoms with Gasteiger partial charge in [-0.2, -0.15) is 0 Å². The molecule has 0 spiro atoms. The molecule has 10 heteroatoms. The minimum absolute atomic E-state index is 0. The molecule has 0 aromatic heterocycles. The van der Waals surface area contributed by atoms with Crippen LogP contribution in [-0.4, -0.2) is 51.8 Å². The van der Waals surface area contributed by atoms with Crippen molar-refractivity contribution >= 4 is 37.9 Å². The fourth-order valence-electron chi connectivity index (χ4n) is 3.31. The maximum atomic E-state index is 11.5. The Bertz CT molecular complexity index is 543. The minimum Gasteiger partial charge on any atom is -0.480 e. The molecule has 1 atom stereocenters. The number of nitrogens with two attached hydrogens (primary N) is 1. The quantitative estimate of drug-likeness (QED) is 0.274. The Labute approximate surface area is 173 Å². The fraction of sp³-hybridized carbons (Fsp3) is 0.588. The van der Waals surface area contributed by atoms with Gasteiger partial charge in [0.1, 0.15) is 5.54 Å². The maximum Gasteiger partial charge on any atom is 0.451 e. The molecule has 0 saturated heterocycles. The van der Waals surface area contributed by atoms with E-state index in [-0.39, 0.29) is 36.6 Å². The second-order valence-corrected chi connectivity index (χ2v) is 6.77. The molecule has 1 aliphatic carbocycles. The van der Waals surface area contributed by atoms with E-state index in [0.29, 0.717) is 38.3 Å². The Balaban J connectivity index is 0. The third-order valence-electron chi connectivity index (χ3n) is 4.82. The molecule has 0 heterocycles. The number of carboxylic acid groups (broad SMARTS) is 1. The number of fused-ring (bicyclic) bond motifs is 1. The molecule has 0 saturated carbocycles. The van der Waals surface area contributed by atoms with Crippen LogP contribution in [0.2, 0.25) is 6.32 Å². The summed E-state index contributed by atoms with van der Waals surface area (Å²) in [6.07, 6.45) is 3.99. The van der Waals surface area contributed by atoms with Gasteiger partial charge in [-0.05, 0) is 49.7 Å². The minimum atomic E-state index is -1.34. The van der Waals surface area contributed by atoms with Gasteiger partial charge in [0.15, 0.2) is 0 Å². The average molecular weight is 425 g/mol. The Morgan fingerprint density at radius 3 is 2.19 bits per heavy atom. The van der Waals surface area contributed by atoms with Crippen molar-refractivity contribution in [1.29, 1.82) is 0 Å². The van der Waals surface area contributed by atoms with Gasteiger partial charge in [0.05, 0.1) is 0 Å². The third-order valence-corrected chi connectivity index (χ3v) is 4.82. The van der Waals surface area contributed by atoms with E-state index >= 15 is 0 Å². The highest BCUT2D eigenvalue weighted by Crippen LogP contribution is 2.22. The lowest BCUT2D eigenvalue weighted by molar-refractivity contribution is -0.144. The van der Waals surface area contributed by atoms with Crippen LogP contribution in [0.1, 0.15) is 36.8 Å². The number of aliphatic carboxylic acids is 1. The number of carbonyl (C=O) groups is 1. The number of rotatable bonds is 10. The highest BCUT2D eigenvalue weighted by Gasteiger charge is 2.33. The average Bonchev–Trinajstić information content (AvgIpc) is 2.94. The molecule has 1 aromatic carbocycles. The van der Waals surface area contributed by atoms with Gasteiger partial charge in [-0.15, -0.1) is 24.8 Å². The molecule has 27 heavy (non-hydrogen) atoms. The van der Waals surface area contributed by atoms with Crippen molar-refractivity contribution in [3.05, 3.63) is 35.4 Å². The van der Waals surface area contributed by atoms with E-state index in [9.17, 15) is 9.90 Å². The molecule has 1 aliphatic rings. The molecule has 156 valence electrons. The van der Waals surface area contributed by atoms with E-state index < -0.39 is 18.6 Å². The van der Waals surface area contributed by atoms with E-state index in [0.717, 1.165) is 12.8 Å². The summed E-state index contributed by atoms with van der Waals surface area (Å²) in [5, 5.41) is 30.5. The molecular formula is C17H31BCl2N2O5. The van der Waals surface area contributed by atoms with Crippen molar-refractivity contribution in [2.24, 2.45) is 5.73 Å². The van der Waals surface area contributed by atoms with Gasteiger partial charge in [0, 0.05) is 6.04 Å². The van der Waals surface area contributed by atoms with Crippen molar-refractivity contribution in [1.82, 2.24) is 5.32 Å². The van der Waals surface area contributed by atoms with Gasteiger partial charge in [0.25, 0.3) is 0 Å². The van der Waals surface area contributed by atoms with Crippen molar-refractivity contribution in [2.45, 2.75) is 56.4 Å². The number of benzene rings is 1. The second kappa shape index (κ2) is 13.3. The first-order chi connectivity index (χ1) is 11.4. The first kappa shape index (κ1) is 28.3. The highest BCUT2D eigenvalue weighted by atomic mass is 35.5. The lowest BCUT2D eigenvalue weighted by Gasteiger charge is -2.25. The molecule has 0 fully saturated rings. The summed E-state index contributed by atoms with van der Waals surface area (Å²) in [4.78, 5) is 11.5. The lowest BCUT2D eigenvalue weighted by atomic mass is 9.81. The molecule has 0 aliphatic heterocycles. The van der Waals surface area contributed by atoms with Crippen LogP contribution in [0.4, 0.5) is 0 Å². The first-order valence-electron chi connectivity index (χ1n) is 8.59. The summed E-state index contributed by atoms with van der Waals surface area (Å²) in [7, 11) is -1.34. The maximum absolute atomic E-state index is 11.5. The Kier molecular flexibility index (Phi) is 14.0. The lowest BCUT2D eigenvalue weighted by Crippen LogP contribution is -2.50. The zero-order valence-electron chi connectivity index (χ0n) is 15.3. The number of unbranched alkanes of at least 4 members (excludes halogenated alkanes) is 1. The summed E-state index contributed by atoms with van der Waals surface area (Å²) in [6, 6.07) is 8.69. The predicted molar refractivity (Wildman–Crippen MR) is 112 cm³/mol.